The van der Waals surface area contributed by atoms with E-state index in [0.29, 0.717) is 0 Å². The van der Waals surface area contributed by atoms with Gasteiger partial charge in [-0.25, -0.2) is 13.2 Å². The highest BCUT2D eigenvalue weighted by atomic mass is 32.2. The van der Waals surface area contributed by atoms with Crippen LogP contribution in [0.5, 0.6) is 0 Å². The number of halogens is 3. The zero-order valence-electron chi connectivity index (χ0n) is 11.9. The molecule has 2 N–H and O–H groups in total. The fourth-order valence-electron chi connectivity index (χ4n) is 1.65. The van der Waals surface area contributed by atoms with Crippen LogP contribution in [0.15, 0.2) is 29.2 Å². The molecule has 0 aliphatic heterocycles. The Morgan fingerprint density at radius 1 is 1.22 bits per heavy atom. The van der Waals surface area contributed by atoms with Crippen LogP contribution in [-0.4, -0.2) is 43.4 Å². The predicted molar refractivity (Wildman–Crippen MR) is 73.7 cm³/mol. The van der Waals surface area contributed by atoms with E-state index < -0.39 is 40.4 Å². The van der Waals surface area contributed by atoms with E-state index in [4.69, 9.17) is 5.11 Å². The highest BCUT2D eigenvalue weighted by molar-refractivity contribution is 7.91. The van der Waals surface area contributed by atoms with E-state index in [1.54, 1.807) is 5.32 Å². The van der Waals surface area contributed by atoms with E-state index >= 15 is 0 Å². The Balaban J connectivity index is 2.91. The first kappa shape index (κ1) is 18.9. The molecular weight excluding hydrogens is 339 g/mol. The first-order valence-corrected chi connectivity index (χ1v) is 8.04. The topological polar surface area (TPSA) is 101 Å². The van der Waals surface area contributed by atoms with Crippen molar-refractivity contribution in [2.24, 2.45) is 0 Å². The lowest BCUT2D eigenvalue weighted by Crippen LogP contribution is -2.43. The summed E-state index contributed by atoms with van der Waals surface area (Å²) in [5.74, 6) is -3.01. The molecule has 0 spiro atoms. The van der Waals surface area contributed by atoms with Crippen molar-refractivity contribution in [3.8, 4) is 0 Å². The third-order valence-corrected chi connectivity index (χ3v) is 4.65. The second kappa shape index (κ2) is 6.99. The summed E-state index contributed by atoms with van der Waals surface area (Å²) in [7, 11) is -3.48. The van der Waals surface area contributed by atoms with Crippen molar-refractivity contribution in [2.75, 3.05) is 5.75 Å². The number of carboxylic acid groups (broad SMARTS) is 1. The van der Waals surface area contributed by atoms with Crippen LogP contribution >= 0.6 is 0 Å². The van der Waals surface area contributed by atoms with Crippen LogP contribution in [0, 0.1) is 0 Å². The van der Waals surface area contributed by atoms with Crippen molar-refractivity contribution in [2.45, 2.75) is 30.5 Å². The summed E-state index contributed by atoms with van der Waals surface area (Å²) in [6.07, 6.45) is -6.47. The van der Waals surface area contributed by atoms with Crippen molar-refractivity contribution >= 4 is 21.7 Å². The van der Waals surface area contributed by atoms with Gasteiger partial charge in [0, 0.05) is 5.56 Å². The highest BCUT2D eigenvalue weighted by Crippen LogP contribution is 2.22. The molecule has 0 heterocycles. The second-order valence-electron chi connectivity index (χ2n) is 4.61. The molecule has 0 aromatic heterocycles. The van der Waals surface area contributed by atoms with Gasteiger partial charge in [-0.15, -0.1) is 0 Å². The van der Waals surface area contributed by atoms with Crippen molar-refractivity contribution in [1.82, 2.24) is 5.32 Å². The normalized spacial score (nSPS) is 13.4. The number of alkyl halides is 3. The van der Waals surface area contributed by atoms with E-state index in [2.05, 4.69) is 0 Å². The quantitative estimate of drug-likeness (QED) is 0.809. The van der Waals surface area contributed by atoms with Gasteiger partial charge in [0.15, 0.2) is 9.84 Å². The summed E-state index contributed by atoms with van der Waals surface area (Å²) in [5, 5.41) is 10.5. The molecule has 1 aromatic rings. The molecule has 0 fully saturated rings. The number of carbonyl (C=O) groups excluding carboxylic acids is 1. The monoisotopic (exact) mass is 353 g/mol. The van der Waals surface area contributed by atoms with Crippen molar-refractivity contribution in [1.29, 1.82) is 0 Å². The number of hydrogen-bond donors (Lipinski definition) is 2. The molecule has 0 aliphatic carbocycles. The van der Waals surface area contributed by atoms with Crippen LogP contribution in [0.4, 0.5) is 13.2 Å². The zero-order chi connectivity index (χ0) is 17.8. The van der Waals surface area contributed by atoms with Crippen LogP contribution < -0.4 is 5.32 Å². The minimum absolute atomic E-state index is 0.0402. The molecular formula is C13H14F3NO5S. The number of rotatable bonds is 6. The number of nitrogens with one attached hydrogen (secondary N) is 1. The second-order valence-corrected chi connectivity index (χ2v) is 6.89. The van der Waals surface area contributed by atoms with Gasteiger partial charge < -0.3 is 10.4 Å². The molecule has 1 amide bonds. The van der Waals surface area contributed by atoms with Crippen LogP contribution in [0.1, 0.15) is 23.7 Å². The number of carboxylic acids is 1. The average Bonchev–Trinajstić information content (AvgIpc) is 2.45. The third kappa shape index (κ3) is 5.55. The summed E-state index contributed by atoms with van der Waals surface area (Å²) in [4.78, 5) is 22.5. The van der Waals surface area contributed by atoms with Gasteiger partial charge in [0.05, 0.1) is 17.1 Å². The van der Waals surface area contributed by atoms with Crippen molar-refractivity contribution < 1.29 is 36.3 Å². The first-order chi connectivity index (χ1) is 10.5. The maximum absolute atomic E-state index is 12.3. The maximum atomic E-state index is 12.3. The molecule has 0 saturated carbocycles. The van der Waals surface area contributed by atoms with Gasteiger partial charge in [-0.1, -0.05) is 6.92 Å². The maximum Gasteiger partial charge on any atom is 0.391 e. The summed E-state index contributed by atoms with van der Waals surface area (Å²) in [6, 6.07) is 2.34. The fourth-order valence-corrected chi connectivity index (χ4v) is 2.54. The molecule has 1 rings (SSSR count). The SMILES string of the molecule is CCS(=O)(=O)c1ccc(C(=O)NC(CC(F)(F)F)C(=O)O)cc1. The largest absolute Gasteiger partial charge is 0.480 e. The Morgan fingerprint density at radius 3 is 2.13 bits per heavy atom. The van der Waals surface area contributed by atoms with Gasteiger partial charge in [0.2, 0.25) is 0 Å². The molecule has 1 atom stereocenters. The van der Waals surface area contributed by atoms with Gasteiger partial charge >= 0.3 is 12.1 Å². The first-order valence-electron chi connectivity index (χ1n) is 6.39. The fraction of sp³-hybridized carbons (Fsp3) is 0.385. The molecule has 0 radical (unpaired) electrons. The number of amides is 1. The average molecular weight is 353 g/mol. The van der Waals surface area contributed by atoms with Crippen molar-refractivity contribution in [3.63, 3.8) is 0 Å². The van der Waals surface area contributed by atoms with Crippen molar-refractivity contribution in [3.05, 3.63) is 29.8 Å². The van der Waals surface area contributed by atoms with Crippen LogP contribution in [0.3, 0.4) is 0 Å². The van der Waals surface area contributed by atoms with Gasteiger partial charge in [0.1, 0.15) is 6.04 Å². The van der Waals surface area contributed by atoms with Gasteiger partial charge in [-0.2, -0.15) is 13.2 Å². The highest BCUT2D eigenvalue weighted by Gasteiger charge is 2.36. The lowest BCUT2D eigenvalue weighted by atomic mass is 10.1. The lowest BCUT2D eigenvalue weighted by molar-refractivity contribution is -0.157. The molecule has 23 heavy (non-hydrogen) atoms. The molecule has 6 nitrogen and oxygen atoms in total. The third-order valence-electron chi connectivity index (χ3n) is 2.89. The molecule has 1 unspecified atom stereocenters. The molecule has 0 bridgehead atoms. The van der Waals surface area contributed by atoms with E-state index in [1.807, 2.05) is 0 Å². The predicted octanol–water partition coefficient (Wildman–Crippen LogP) is 1.62. The zero-order valence-corrected chi connectivity index (χ0v) is 12.7. The van der Waals surface area contributed by atoms with Crippen LogP contribution in [0.25, 0.3) is 0 Å². The Labute approximate surface area is 130 Å². The molecule has 0 saturated heterocycles. The van der Waals surface area contributed by atoms with Crippen LogP contribution in [0.2, 0.25) is 0 Å². The van der Waals surface area contributed by atoms with Gasteiger partial charge in [-0.05, 0) is 24.3 Å². The number of aliphatic carboxylic acids is 1. The van der Waals surface area contributed by atoms with E-state index in [-0.39, 0.29) is 16.2 Å². The van der Waals surface area contributed by atoms with E-state index in [9.17, 15) is 31.2 Å². The van der Waals surface area contributed by atoms with Gasteiger partial charge in [-0.3, -0.25) is 4.79 Å². The minimum atomic E-state index is -4.75. The van der Waals surface area contributed by atoms with Crippen LogP contribution in [-0.2, 0) is 14.6 Å². The summed E-state index contributed by atoms with van der Waals surface area (Å²) in [6.45, 7) is 1.44. The van der Waals surface area contributed by atoms with E-state index in [0.717, 1.165) is 24.3 Å². The molecule has 0 aliphatic rings. The molecule has 10 heteroatoms. The number of sulfone groups is 1. The standard InChI is InChI=1S/C13H14F3NO5S/c1-2-23(21,22)9-5-3-8(4-6-9)11(18)17-10(12(19)20)7-13(14,15)16/h3-6,10H,2,7H2,1H3,(H,17,18)(H,19,20). The van der Waals surface area contributed by atoms with E-state index in [1.165, 1.54) is 6.92 Å². The molecule has 128 valence electrons. The smallest absolute Gasteiger partial charge is 0.391 e. The lowest BCUT2D eigenvalue weighted by Gasteiger charge is -2.16. The minimum Gasteiger partial charge on any atom is -0.480 e. The Morgan fingerprint density at radius 2 is 1.74 bits per heavy atom. The number of benzene rings is 1. The summed E-state index contributed by atoms with van der Waals surface area (Å²) in [5.41, 5.74) is -0.145. The summed E-state index contributed by atoms with van der Waals surface area (Å²) >= 11 is 0. The van der Waals surface area contributed by atoms with Gasteiger partial charge in [0.25, 0.3) is 5.91 Å². The molecule has 1 aromatic carbocycles. The number of hydrogen-bond acceptors (Lipinski definition) is 4. The summed E-state index contributed by atoms with van der Waals surface area (Å²) < 4.78 is 60.0. The Bertz CT molecular complexity index is 683. The number of carbonyl (C=O) groups is 2. The Kier molecular flexibility index (Phi) is 5.75. The Hall–Kier alpha value is -2.10.